The Bertz CT molecular complexity index is 174. The second-order valence-corrected chi connectivity index (χ2v) is 2.35. The third kappa shape index (κ3) is 8.96. The predicted molar refractivity (Wildman–Crippen MR) is 58.4 cm³/mol. The lowest BCUT2D eigenvalue weighted by Crippen LogP contribution is -1.62. The zero-order valence-corrected chi connectivity index (χ0v) is 7.38. The van der Waals surface area contributed by atoms with Crippen LogP contribution in [0.2, 0.25) is 0 Å². The summed E-state index contributed by atoms with van der Waals surface area (Å²) in [5.41, 5.74) is 1.32. The van der Waals surface area contributed by atoms with E-state index in [-0.39, 0.29) is 7.43 Å². The standard InChI is InChI=1S/C7H8.C4H8.CH4/c1-7-5-3-2-4-6-7;1-3-4-2;/h2-6H,1H3;3H,1,4H2,2H3;1H4. The molecule has 0 radical (unpaired) electrons. The molecule has 0 heterocycles. The Hall–Kier alpha value is -1.04. The van der Waals surface area contributed by atoms with Gasteiger partial charge in [-0.25, -0.2) is 0 Å². The highest BCUT2D eigenvalue weighted by molar-refractivity contribution is 5.11. The highest BCUT2D eigenvalue weighted by atomic mass is 13.8. The molecule has 0 amide bonds. The molecule has 1 aromatic rings. The van der Waals surface area contributed by atoms with Crippen molar-refractivity contribution in [2.24, 2.45) is 0 Å². The van der Waals surface area contributed by atoms with Crippen molar-refractivity contribution in [3.63, 3.8) is 0 Å². The van der Waals surface area contributed by atoms with Crippen molar-refractivity contribution < 1.29 is 0 Å². The Morgan fingerprint density at radius 3 is 1.83 bits per heavy atom. The maximum Gasteiger partial charge on any atom is -0.0382 e. The van der Waals surface area contributed by atoms with Crippen molar-refractivity contribution in [1.29, 1.82) is 0 Å². The van der Waals surface area contributed by atoms with Gasteiger partial charge < -0.3 is 0 Å². The van der Waals surface area contributed by atoms with Crippen LogP contribution in [0.4, 0.5) is 0 Å². The lowest BCUT2D eigenvalue weighted by atomic mass is 10.2. The minimum absolute atomic E-state index is 0. The molecule has 0 aliphatic rings. The van der Waals surface area contributed by atoms with Crippen LogP contribution in [0.25, 0.3) is 0 Å². The molecule has 1 rings (SSSR count). The maximum atomic E-state index is 3.48. The first-order valence-corrected chi connectivity index (χ1v) is 3.93. The maximum absolute atomic E-state index is 3.48. The summed E-state index contributed by atoms with van der Waals surface area (Å²) in [6.07, 6.45) is 2.96. The summed E-state index contributed by atoms with van der Waals surface area (Å²) in [5, 5.41) is 0. The Balaban J connectivity index is 0. The zero-order valence-electron chi connectivity index (χ0n) is 7.38. The highest BCUT2D eigenvalue weighted by Gasteiger charge is 1.72. The smallest absolute Gasteiger partial charge is 0.0382 e. The number of hydrogen-bond acceptors (Lipinski definition) is 0. The molecule has 0 atom stereocenters. The van der Waals surface area contributed by atoms with Gasteiger partial charge >= 0.3 is 0 Å². The van der Waals surface area contributed by atoms with Crippen LogP contribution in [0.5, 0.6) is 0 Å². The van der Waals surface area contributed by atoms with Crippen LogP contribution < -0.4 is 0 Å². The fourth-order valence-corrected chi connectivity index (χ4v) is 0.534. The molecule has 0 unspecified atom stereocenters. The fraction of sp³-hybridized carbons (Fsp3) is 0.333. The molecule has 0 aliphatic carbocycles. The Labute approximate surface area is 76.9 Å². The van der Waals surface area contributed by atoms with Gasteiger partial charge in [0.15, 0.2) is 0 Å². The van der Waals surface area contributed by atoms with Gasteiger partial charge in [-0.15, -0.1) is 6.58 Å². The predicted octanol–water partition coefficient (Wildman–Crippen LogP) is 4.21. The summed E-state index contributed by atoms with van der Waals surface area (Å²) in [7, 11) is 0. The van der Waals surface area contributed by atoms with E-state index in [2.05, 4.69) is 32.6 Å². The summed E-state index contributed by atoms with van der Waals surface area (Å²) in [5.74, 6) is 0. The van der Waals surface area contributed by atoms with Crippen LogP contribution >= 0.6 is 0 Å². The van der Waals surface area contributed by atoms with Crippen molar-refractivity contribution in [2.45, 2.75) is 27.7 Å². The van der Waals surface area contributed by atoms with Gasteiger partial charge in [-0.3, -0.25) is 0 Å². The summed E-state index contributed by atoms with van der Waals surface area (Å²) >= 11 is 0. The average molecular weight is 164 g/mol. The van der Waals surface area contributed by atoms with Crippen LogP contribution in [0.15, 0.2) is 43.0 Å². The van der Waals surface area contributed by atoms with Gasteiger partial charge in [0.05, 0.1) is 0 Å². The van der Waals surface area contributed by atoms with E-state index in [0.717, 1.165) is 6.42 Å². The Morgan fingerprint density at radius 2 is 1.67 bits per heavy atom. The number of allylic oxidation sites excluding steroid dienone is 1. The monoisotopic (exact) mass is 164 g/mol. The third-order valence-corrected chi connectivity index (χ3v) is 1.23. The number of aryl methyl sites for hydroxylation is 1. The third-order valence-electron chi connectivity index (χ3n) is 1.23. The van der Waals surface area contributed by atoms with E-state index < -0.39 is 0 Å². The molecular formula is C12H20. The van der Waals surface area contributed by atoms with Gasteiger partial charge in [0, 0.05) is 0 Å². The minimum Gasteiger partial charge on any atom is -0.103 e. The van der Waals surface area contributed by atoms with Crippen molar-refractivity contribution in [3.05, 3.63) is 48.6 Å². The van der Waals surface area contributed by atoms with Crippen LogP contribution in [-0.4, -0.2) is 0 Å². The Kier molecular flexibility index (Phi) is 11.2. The van der Waals surface area contributed by atoms with Gasteiger partial charge in [0.25, 0.3) is 0 Å². The van der Waals surface area contributed by atoms with Gasteiger partial charge in [-0.05, 0) is 13.3 Å². The molecule has 0 nitrogen and oxygen atoms in total. The average Bonchev–Trinajstić information content (AvgIpc) is 2.07. The zero-order chi connectivity index (χ0) is 8.53. The van der Waals surface area contributed by atoms with Gasteiger partial charge in [-0.2, -0.15) is 0 Å². The fourth-order valence-electron chi connectivity index (χ4n) is 0.534. The van der Waals surface area contributed by atoms with E-state index >= 15 is 0 Å². The lowest BCUT2D eigenvalue weighted by Gasteiger charge is -1.82. The summed E-state index contributed by atoms with van der Waals surface area (Å²) in [6.45, 7) is 7.62. The van der Waals surface area contributed by atoms with Crippen LogP contribution in [0.3, 0.4) is 0 Å². The van der Waals surface area contributed by atoms with E-state index in [1.54, 1.807) is 0 Å². The molecule has 0 saturated heterocycles. The quantitative estimate of drug-likeness (QED) is 0.545. The molecule has 0 spiro atoms. The van der Waals surface area contributed by atoms with Gasteiger partial charge in [0.1, 0.15) is 0 Å². The highest BCUT2D eigenvalue weighted by Crippen LogP contribution is 1.92. The molecule has 0 aromatic heterocycles. The molecule has 0 heteroatoms. The van der Waals surface area contributed by atoms with Crippen molar-refractivity contribution in [2.75, 3.05) is 0 Å². The van der Waals surface area contributed by atoms with Crippen molar-refractivity contribution >= 4 is 0 Å². The molecule has 0 N–H and O–H groups in total. The largest absolute Gasteiger partial charge is 0.103 e. The molecule has 0 aliphatic heterocycles. The van der Waals surface area contributed by atoms with Crippen LogP contribution in [-0.2, 0) is 0 Å². The normalized spacial score (nSPS) is 7.17. The number of rotatable bonds is 1. The first-order valence-electron chi connectivity index (χ1n) is 3.93. The van der Waals surface area contributed by atoms with E-state index in [4.69, 9.17) is 0 Å². The van der Waals surface area contributed by atoms with Crippen LogP contribution in [0.1, 0.15) is 26.3 Å². The lowest BCUT2D eigenvalue weighted by molar-refractivity contribution is 1.23. The molecule has 0 fully saturated rings. The molecule has 68 valence electrons. The van der Waals surface area contributed by atoms with Gasteiger partial charge in [-0.1, -0.05) is 56.3 Å². The SMILES string of the molecule is C.C=CCC.Cc1ccccc1. The van der Waals surface area contributed by atoms with E-state index in [1.165, 1.54) is 5.56 Å². The second-order valence-electron chi connectivity index (χ2n) is 2.35. The van der Waals surface area contributed by atoms with E-state index in [0.29, 0.717) is 0 Å². The number of benzene rings is 1. The Morgan fingerprint density at radius 1 is 1.25 bits per heavy atom. The van der Waals surface area contributed by atoms with Crippen molar-refractivity contribution in [3.8, 4) is 0 Å². The summed E-state index contributed by atoms with van der Waals surface area (Å²) in [4.78, 5) is 0. The first kappa shape index (κ1) is 13.5. The van der Waals surface area contributed by atoms with E-state index in [9.17, 15) is 0 Å². The van der Waals surface area contributed by atoms with E-state index in [1.807, 2.05) is 24.3 Å². The summed E-state index contributed by atoms with van der Waals surface area (Å²) in [6, 6.07) is 10.3. The van der Waals surface area contributed by atoms with Crippen molar-refractivity contribution in [1.82, 2.24) is 0 Å². The van der Waals surface area contributed by atoms with Gasteiger partial charge in [0.2, 0.25) is 0 Å². The molecule has 12 heavy (non-hydrogen) atoms. The number of hydrogen-bond donors (Lipinski definition) is 0. The van der Waals surface area contributed by atoms with Crippen LogP contribution in [0, 0.1) is 6.92 Å². The molecule has 1 aromatic carbocycles. The molecular weight excluding hydrogens is 144 g/mol. The summed E-state index contributed by atoms with van der Waals surface area (Å²) < 4.78 is 0. The topological polar surface area (TPSA) is 0 Å². The molecule has 0 saturated carbocycles. The minimum atomic E-state index is 0. The molecule has 0 bridgehead atoms. The second kappa shape index (κ2) is 9.96. The first-order chi connectivity index (χ1) is 5.31.